The quantitative estimate of drug-likeness (QED) is 0.713. The van der Waals surface area contributed by atoms with Gasteiger partial charge in [0.2, 0.25) is 0 Å². The summed E-state index contributed by atoms with van der Waals surface area (Å²) in [7, 11) is 0. The van der Waals surface area contributed by atoms with Crippen LogP contribution in [0.3, 0.4) is 0 Å². The van der Waals surface area contributed by atoms with Crippen LogP contribution in [0.5, 0.6) is 0 Å². The molecule has 1 aliphatic rings. The summed E-state index contributed by atoms with van der Waals surface area (Å²) >= 11 is 0. The van der Waals surface area contributed by atoms with Gasteiger partial charge in [0.15, 0.2) is 6.29 Å². The van der Waals surface area contributed by atoms with E-state index < -0.39 is 0 Å². The van der Waals surface area contributed by atoms with Gasteiger partial charge in [-0.1, -0.05) is 0 Å². The molecule has 96 valence electrons. The van der Waals surface area contributed by atoms with Gasteiger partial charge in [0, 0.05) is 6.61 Å². The SMILES string of the molecule is CC(C)OC(C)OCC1CCC(CO)CC1. The fraction of sp³-hybridized carbons (Fsp3) is 1.00. The van der Waals surface area contributed by atoms with Crippen LogP contribution in [0.15, 0.2) is 0 Å². The van der Waals surface area contributed by atoms with Gasteiger partial charge in [-0.05, 0) is 58.3 Å². The van der Waals surface area contributed by atoms with Crippen molar-refractivity contribution in [3.63, 3.8) is 0 Å². The molecule has 0 saturated heterocycles. The number of aliphatic hydroxyl groups excluding tert-OH is 1. The van der Waals surface area contributed by atoms with Gasteiger partial charge in [0.1, 0.15) is 0 Å². The second-order valence-corrected chi connectivity index (χ2v) is 5.16. The van der Waals surface area contributed by atoms with Crippen molar-refractivity contribution in [1.82, 2.24) is 0 Å². The molecule has 1 aliphatic carbocycles. The molecule has 0 heterocycles. The Bertz CT molecular complexity index is 174. The van der Waals surface area contributed by atoms with E-state index in [1.165, 1.54) is 12.8 Å². The number of hydrogen-bond acceptors (Lipinski definition) is 3. The lowest BCUT2D eigenvalue weighted by Crippen LogP contribution is -2.25. The van der Waals surface area contributed by atoms with E-state index in [1.807, 2.05) is 20.8 Å². The Labute approximate surface area is 99.1 Å². The third-order valence-electron chi connectivity index (χ3n) is 3.25. The van der Waals surface area contributed by atoms with Crippen molar-refractivity contribution in [2.75, 3.05) is 13.2 Å². The molecule has 16 heavy (non-hydrogen) atoms. The van der Waals surface area contributed by atoms with Crippen LogP contribution >= 0.6 is 0 Å². The van der Waals surface area contributed by atoms with E-state index in [2.05, 4.69) is 0 Å². The zero-order valence-corrected chi connectivity index (χ0v) is 10.8. The van der Waals surface area contributed by atoms with Crippen LogP contribution in [-0.2, 0) is 9.47 Å². The van der Waals surface area contributed by atoms with Crippen LogP contribution in [0.1, 0.15) is 46.5 Å². The molecule has 0 amide bonds. The zero-order chi connectivity index (χ0) is 12.0. The van der Waals surface area contributed by atoms with Crippen LogP contribution in [0.2, 0.25) is 0 Å². The second-order valence-electron chi connectivity index (χ2n) is 5.16. The van der Waals surface area contributed by atoms with Crippen LogP contribution < -0.4 is 0 Å². The van der Waals surface area contributed by atoms with Crippen molar-refractivity contribution >= 4 is 0 Å². The molecule has 0 aromatic heterocycles. The average molecular weight is 230 g/mol. The van der Waals surface area contributed by atoms with Gasteiger partial charge in [-0.3, -0.25) is 0 Å². The first-order valence-corrected chi connectivity index (χ1v) is 6.49. The molecule has 0 aliphatic heterocycles. The molecule has 3 nitrogen and oxygen atoms in total. The molecule has 1 unspecified atom stereocenters. The maximum absolute atomic E-state index is 9.04. The van der Waals surface area contributed by atoms with Gasteiger partial charge in [0.05, 0.1) is 12.7 Å². The molecule has 1 saturated carbocycles. The third kappa shape index (κ3) is 5.28. The molecule has 1 rings (SSSR count). The van der Waals surface area contributed by atoms with Crippen molar-refractivity contribution in [3.8, 4) is 0 Å². The smallest absolute Gasteiger partial charge is 0.155 e. The highest BCUT2D eigenvalue weighted by atomic mass is 16.7. The predicted molar refractivity (Wildman–Crippen MR) is 64.2 cm³/mol. The monoisotopic (exact) mass is 230 g/mol. The maximum Gasteiger partial charge on any atom is 0.155 e. The molecule has 0 aromatic carbocycles. The molecular weight excluding hydrogens is 204 g/mol. The summed E-state index contributed by atoms with van der Waals surface area (Å²) in [5, 5.41) is 9.04. The summed E-state index contributed by atoms with van der Waals surface area (Å²) < 4.78 is 11.2. The van der Waals surface area contributed by atoms with E-state index in [1.54, 1.807) is 0 Å². The molecule has 1 N–H and O–H groups in total. The Morgan fingerprint density at radius 1 is 1.06 bits per heavy atom. The Morgan fingerprint density at radius 2 is 1.62 bits per heavy atom. The number of aliphatic hydroxyl groups is 1. The summed E-state index contributed by atoms with van der Waals surface area (Å²) in [6.45, 7) is 7.14. The summed E-state index contributed by atoms with van der Waals surface area (Å²) in [5.41, 5.74) is 0. The largest absolute Gasteiger partial charge is 0.396 e. The molecule has 0 aromatic rings. The summed E-state index contributed by atoms with van der Waals surface area (Å²) in [5.74, 6) is 1.18. The summed E-state index contributed by atoms with van der Waals surface area (Å²) in [6, 6.07) is 0. The predicted octanol–water partition coefficient (Wildman–Crippen LogP) is 2.57. The summed E-state index contributed by atoms with van der Waals surface area (Å²) in [6.07, 6.45) is 4.77. The maximum atomic E-state index is 9.04. The van der Waals surface area contributed by atoms with Gasteiger partial charge in [-0.2, -0.15) is 0 Å². The first-order valence-electron chi connectivity index (χ1n) is 6.49. The van der Waals surface area contributed by atoms with Crippen LogP contribution in [0.4, 0.5) is 0 Å². The Hall–Kier alpha value is -0.120. The number of ether oxygens (including phenoxy) is 2. The topological polar surface area (TPSA) is 38.7 Å². The highest BCUT2D eigenvalue weighted by Crippen LogP contribution is 2.28. The van der Waals surface area contributed by atoms with Gasteiger partial charge in [0.25, 0.3) is 0 Å². The minimum absolute atomic E-state index is 0.101. The normalized spacial score (nSPS) is 28.3. The first-order chi connectivity index (χ1) is 7.61. The Balaban J connectivity index is 2.10. The lowest BCUT2D eigenvalue weighted by Gasteiger charge is -2.28. The van der Waals surface area contributed by atoms with Crippen molar-refractivity contribution in [1.29, 1.82) is 0 Å². The molecular formula is C13H26O3. The van der Waals surface area contributed by atoms with Crippen LogP contribution in [0, 0.1) is 11.8 Å². The molecule has 1 atom stereocenters. The lowest BCUT2D eigenvalue weighted by molar-refractivity contribution is -0.160. The van der Waals surface area contributed by atoms with Gasteiger partial charge in [-0.15, -0.1) is 0 Å². The van der Waals surface area contributed by atoms with Gasteiger partial charge < -0.3 is 14.6 Å². The third-order valence-corrected chi connectivity index (χ3v) is 3.25. The molecule has 1 fully saturated rings. The van der Waals surface area contributed by atoms with E-state index in [0.717, 1.165) is 19.4 Å². The number of rotatable bonds is 6. The van der Waals surface area contributed by atoms with Crippen molar-refractivity contribution in [2.24, 2.45) is 11.8 Å². The second kappa shape index (κ2) is 7.25. The lowest BCUT2D eigenvalue weighted by atomic mass is 9.83. The molecule has 0 bridgehead atoms. The van der Waals surface area contributed by atoms with Crippen molar-refractivity contribution in [2.45, 2.75) is 58.8 Å². The van der Waals surface area contributed by atoms with E-state index >= 15 is 0 Å². The van der Waals surface area contributed by atoms with Gasteiger partial charge in [-0.25, -0.2) is 0 Å². The standard InChI is InChI=1S/C13H26O3/c1-10(2)16-11(3)15-9-13-6-4-12(8-14)5-7-13/h10-14H,4-9H2,1-3H3. The molecule has 3 heteroatoms. The van der Waals surface area contributed by atoms with E-state index in [-0.39, 0.29) is 12.4 Å². The highest BCUT2D eigenvalue weighted by molar-refractivity contribution is 4.71. The Kier molecular flexibility index (Phi) is 6.32. The van der Waals surface area contributed by atoms with Crippen LogP contribution in [-0.4, -0.2) is 30.7 Å². The molecule has 0 spiro atoms. The zero-order valence-electron chi connectivity index (χ0n) is 10.8. The van der Waals surface area contributed by atoms with Crippen molar-refractivity contribution < 1.29 is 14.6 Å². The fourth-order valence-electron chi connectivity index (χ4n) is 2.27. The van der Waals surface area contributed by atoms with Gasteiger partial charge >= 0.3 is 0 Å². The fourth-order valence-corrected chi connectivity index (χ4v) is 2.27. The van der Waals surface area contributed by atoms with Crippen LogP contribution in [0.25, 0.3) is 0 Å². The minimum atomic E-state index is -0.101. The summed E-state index contributed by atoms with van der Waals surface area (Å²) in [4.78, 5) is 0. The van der Waals surface area contributed by atoms with E-state index in [4.69, 9.17) is 14.6 Å². The van der Waals surface area contributed by atoms with E-state index in [9.17, 15) is 0 Å². The minimum Gasteiger partial charge on any atom is -0.396 e. The molecule has 0 radical (unpaired) electrons. The number of hydrogen-bond donors (Lipinski definition) is 1. The Morgan fingerprint density at radius 3 is 2.12 bits per heavy atom. The van der Waals surface area contributed by atoms with E-state index in [0.29, 0.717) is 18.4 Å². The average Bonchev–Trinajstić information content (AvgIpc) is 2.26. The first kappa shape index (κ1) is 13.9. The van der Waals surface area contributed by atoms with Crippen molar-refractivity contribution in [3.05, 3.63) is 0 Å². The highest BCUT2D eigenvalue weighted by Gasteiger charge is 2.21.